The van der Waals surface area contributed by atoms with Gasteiger partial charge in [-0.1, -0.05) is 60.7 Å². The molecule has 0 radical (unpaired) electrons. The minimum Gasteiger partial charge on any atom is -0.466 e. The Labute approximate surface area is 215 Å². The molecule has 0 heterocycles. The minimum atomic E-state index is -4.35. The Morgan fingerprint density at radius 2 is 1.35 bits per heavy atom. The summed E-state index contributed by atoms with van der Waals surface area (Å²) in [5.41, 5.74) is 1.50. The fourth-order valence-electron chi connectivity index (χ4n) is 3.64. The molecule has 3 rings (SSSR count). The van der Waals surface area contributed by atoms with Crippen LogP contribution in [-0.2, 0) is 59.9 Å². The number of hydrogen-bond donors (Lipinski definition) is 0. The van der Waals surface area contributed by atoms with Gasteiger partial charge in [0.1, 0.15) is 12.2 Å². The van der Waals surface area contributed by atoms with Crippen LogP contribution in [0.25, 0.3) is 0 Å². The molecule has 0 saturated carbocycles. The second-order valence-corrected chi connectivity index (χ2v) is 9.77. The molecule has 2 aromatic carbocycles. The van der Waals surface area contributed by atoms with E-state index in [-0.39, 0.29) is 25.2 Å². The molecule has 1 aliphatic rings. The van der Waals surface area contributed by atoms with E-state index in [1.54, 1.807) is 48.5 Å². The number of rotatable bonds is 11. The van der Waals surface area contributed by atoms with E-state index in [2.05, 4.69) is 0 Å². The summed E-state index contributed by atoms with van der Waals surface area (Å²) < 4.78 is 46.5. The summed E-state index contributed by atoms with van der Waals surface area (Å²) in [7, 11) is -3.16. The molecule has 2 aromatic rings. The van der Waals surface area contributed by atoms with Gasteiger partial charge in [0.2, 0.25) is 0 Å². The third-order valence-electron chi connectivity index (χ3n) is 5.26. The van der Waals surface area contributed by atoms with Gasteiger partial charge in [-0.15, -0.1) is 0 Å². The van der Waals surface area contributed by atoms with Gasteiger partial charge in [0.05, 0.1) is 20.3 Å². The lowest BCUT2D eigenvalue weighted by molar-refractivity contribution is -0.173. The van der Waals surface area contributed by atoms with Crippen molar-refractivity contribution in [1.82, 2.24) is 0 Å². The first kappa shape index (κ1) is 28.3. The van der Waals surface area contributed by atoms with Gasteiger partial charge in [-0.3, -0.25) is 23.2 Å². The van der Waals surface area contributed by atoms with E-state index in [1.165, 1.54) is 27.0 Å². The Hall–Kier alpha value is -3.30. The molecule has 0 fully saturated rings. The van der Waals surface area contributed by atoms with Gasteiger partial charge >= 0.3 is 25.7 Å². The van der Waals surface area contributed by atoms with Crippen LogP contribution in [0.3, 0.4) is 0 Å². The smallest absolute Gasteiger partial charge is 0.466 e. The van der Waals surface area contributed by atoms with Gasteiger partial charge in [-0.2, -0.15) is 0 Å². The predicted molar refractivity (Wildman–Crippen MR) is 131 cm³/mol. The van der Waals surface area contributed by atoms with E-state index < -0.39 is 44.0 Å². The summed E-state index contributed by atoms with van der Waals surface area (Å²) in [6.45, 7) is 2.12. The van der Waals surface area contributed by atoms with Gasteiger partial charge in [0, 0.05) is 25.8 Å². The monoisotopic (exact) mass is 532 g/mol. The third-order valence-corrected chi connectivity index (χ3v) is 6.65. The molecular formula is C26H29O10P. The summed E-state index contributed by atoms with van der Waals surface area (Å²) in [6.07, 6.45) is -2.46. The van der Waals surface area contributed by atoms with Crippen molar-refractivity contribution >= 4 is 25.7 Å². The number of phosphoric acid groups is 1. The molecule has 11 heteroatoms. The average Bonchev–Trinajstić information content (AvgIpc) is 2.88. The van der Waals surface area contributed by atoms with Crippen molar-refractivity contribution in [3.8, 4) is 0 Å². The highest BCUT2D eigenvalue weighted by atomic mass is 31.2. The minimum absolute atomic E-state index is 0.0832. The Bertz CT molecular complexity index is 1100. The van der Waals surface area contributed by atoms with Gasteiger partial charge in [-0.05, 0) is 17.2 Å². The number of hydrogen-bond acceptors (Lipinski definition) is 10. The molecule has 198 valence electrons. The molecule has 1 aliphatic carbocycles. The maximum absolute atomic E-state index is 13.9. The van der Waals surface area contributed by atoms with Crippen LogP contribution in [0.2, 0.25) is 0 Å². The molecular weight excluding hydrogens is 503 g/mol. The lowest BCUT2D eigenvalue weighted by Gasteiger charge is -2.35. The van der Waals surface area contributed by atoms with Crippen LogP contribution in [-0.4, -0.2) is 43.3 Å². The molecule has 0 amide bonds. The Balaban J connectivity index is 1.93. The van der Waals surface area contributed by atoms with Gasteiger partial charge in [0.15, 0.2) is 6.10 Å². The van der Waals surface area contributed by atoms with Gasteiger partial charge < -0.3 is 14.2 Å². The van der Waals surface area contributed by atoms with Crippen molar-refractivity contribution in [2.45, 2.75) is 51.8 Å². The van der Waals surface area contributed by atoms with Crippen LogP contribution in [0.15, 0.2) is 72.3 Å². The molecule has 3 atom stereocenters. The molecule has 0 N–H and O–H groups in total. The van der Waals surface area contributed by atoms with E-state index in [0.717, 1.165) is 0 Å². The maximum Gasteiger partial charge on any atom is 0.476 e. The number of phosphoric ester groups is 1. The summed E-state index contributed by atoms with van der Waals surface area (Å²) in [6, 6.07) is 17.9. The van der Waals surface area contributed by atoms with Crippen LogP contribution in [0.1, 0.15) is 31.4 Å². The summed E-state index contributed by atoms with van der Waals surface area (Å²) >= 11 is 0. The van der Waals surface area contributed by atoms with Gasteiger partial charge in [-0.25, -0.2) is 9.36 Å². The van der Waals surface area contributed by atoms with E-state index in [1.807, 2.05) is 12.1 Å². The van der Waals surface area contributed by atoms with E-state index >= 15 is 0 Å². The Morgan fingerprint density at radius 1 is 0.838 bits per heavy atom. The van der Waals surface area contributed by atoms with Crippen LogP contribution >= 0.6 is 7.82 Å². The summed E-state index contributed by atoms with van der Waals surface area (Å²) in [4.78, 5) is 36.0. The number of ether oxygens (including phenoxy) is 3. The predicted octanol–water partition coefficient (Wildman–Crippen LogP) is 4.28. The third kappa shape index (κ3) is 8.65. The van der Waals surface area contributed by atoms with E-state index in [4.69, 9.17) is 27.8 Å². The average molecular weight is 532 g/mol. The molecule has 0 saturated heterocycles. The number of carbonyl (C=O) groups is 3. The van der Waals surface area contributed by atoms with Gasteiger partial charge in [0.25, 0.3) is 0 Å². The van der Waals surface area contributed by atoms with Crippen molar-refractivity contribution in [2.75, 3.05) is 7.11 Å². The largest absolute Gasteiger partial charge is 0.476 e. The molecule has 10 nitrogen and oxygen atoms in total. The second-order valence-electron chi connectivity index (χ2n) is 8.14. The van der Waals surface area contributed by atoms with Crippen molar-refractivity contribution < 1.29 is 46.7 Å². The number of esters is 3. The number of benzene rings is 2. The van der Waals surface area contributed by atoms with E-state index in [0.29, 0.717) is 11.1 Å². The van der Waals surface area contributed by atoms with Crippen molar-refractivity contribution in [2.24, 2.45) is 0 Å². The van der Waals surface area contributed by atoms with Crippen molar-refractivity contribution in [1.29, 1.82) is 0 Å². The molecule has 0 unspecified atom stereocenters. The van der Waals surface area contributed by atoms with E-state index in [9.17, 15) is 18.9 Å². The van der Waals surface area contributed by atoms with Crippen LogP contribution in [0.4, 0.5) is 0 Å². The standard InChI is InChI=1S/C26H29O10P/c1-18(27)34-23-14-22(26(29)31-3)15-24(25(23)35-19(2)28)36-37(30,32-16-20-10-6-4-7-11-20)33-17-21-12-8-5-9-13-21/h4-13,15,23-25H,14,16-17H2,1-3H3/t23-,24-,25+/m1/s1. The zero-order valence-corrected chi connectivity index (χ0v) is 21.6. The van der Waals surface area contributed by atoms with Crippen molar-refractivity contribution in [3.05, 3.63) is 83.4 Å². The number of methoxy groups -OCH3 is 1. The first-order chi connectivity index (χ1) is 17.7. The lowest BCUT2D eigenvalue weighted by atomic mass is 9.92. The lowest BCUT2D eigenvalue weighted by Crippen LogP contribution is -2.47. The molecule has 0 aromatic heterocycles. The van der Waals surface area contributed by atoms with Crippen LogP contribution < -0.4 is 0 Å². The highest BCUT2D eigenvalue weighted by Gasteiger charge is 2.44. The maximum atomic E-state index is 13.9. The SMILES string of the molecule is COC(=O)C1=C[C@@H](OP(=O)(OCc2ccccc2)OCc2ccccc2)[C@@H](OC(C)=O)[C@H](OC(C)=O)C1. The highest BCUT2D eigenvalue weighted by Crippen LogP contribution is 2.53. The molecule has 0 bridgehead atoms. The number of carbonyl (C=O) groups excluding carboxylic acids is 3. The first-order valence-corrected chi connectivity index (χ1v) is 12.9. The quantitative estimate of drug-likeness (QED) is 0.235. The topological polar surface area (TPSA) is 124 Å². The first-order valence-electron chi connectivity index (χ1n) is 11.5. The summed E-state index contributed by atoms with van der Waals surface area (Å²) in [5.74, 6) is -2.08. The second kappa shape index (κ2) is 13.3. The van der Waals surface area contributed by atoms with Crippen LogP contribution in [0.5, 0.6) is 0 Å². The molecule has 0 aliphatic heterocycles. The zero-order valence-electron chi connectivity index (χ0n) is 20.7. The summed E-state index contributed by atoms with van der Waals surface area (Å²) in [5, 5.41) is 0. The fourth-order valence-corrected chi connectivity index (χ4v) is 4.93. The molecule has 37 heavy (non-hydrogen) atoms. The Kier molecular flexibility index (Phi) is 10.2. The van der Waals surface area contributed by atoms with Crippen molar-refractivity contribution in [3.63, 3.8) is 0 Å². The fraction of sp³-hybridized carbons (Fsp3) is 0.346. The highest BCUT2D eigenvalue weighted by molar-refractivity contribution is 7.48. The molecule has 0 spiro atoms. The Morgan fingerprint density at radius 3 is 1.81 bits per heavy atom. The van der Waals surface area contributed by atoms with Crippen LogP contribution in [0, 0.1) is 0 Å². The normalized spacial score (nSPS) is 19.4. The zero-order chi connectivity index (χ0) is 26.8.